The third-order valence-corrected chi connectivity index (χ3v) is 8.30. The first-order valence-corrected chi connectivity index (χ1v) is 16.4. The summed E-state index contributed by atoms with van der Waals surface area (Å²) in [6.07, 6.45) is 10.4. The summed E-state index contributed by atoms with van der Waals surface area (Å²) in [6.45, 7) is 15.1. The molecule has 0 aromatic rings. The number of rotatable bonds is 12. The molecule has 2 aliphatic carbocycles. The van der Waals surface area contributed by atoms with Crippen LogP contribution in [0.3, 0.4) is 0 Å². The van der Waals surface area contributed by atoms with Crippen LogP contribution in [-0.4, -0.2) is 77.5 Å². The van der Waals surface area contributed by atoms with Crippen molar-refractivity contribution in [3.63, 3.8) is 0 Å². The molecule has 4 unspecified atom stereocenters. The summed E-state index contributed by atoms with van der Waals surface area (Å²) >= 11 is 0. The number of hydrogen-bond donors (Lipinski definition) is 4. The average Bonchev–Trinajstić information content (AvgIpc) is 3.72. The lowest BCUT2D eigenvalue weighted by atomic mass is 9.81. The summed E-state index contributed by atoms with van der Waals surface area (Å²) in [6, 6.07) is -4.00. The number of nitrogens with one attached hydrogen (secondary N) is 4. The monoisotopic (exact) mass is 617 g/mol. The Morgan fingerprint density at radius 3 is 2.05 bits per heavy atom. The molecule has 4 N–H and O–H groups in total. The lowest BCUT2D eigenvalue weighted by Crippen LogP contribution is -2.61. The highest BCUT2D eigenvalue weighted by Gasteiger charge is 2.44. The molecule has 0 aromatic carbocycles. The van der Waals surface area contributed by atoms with Crippen LogP contribution in [0.25, 0.3) is 0 Å². The predicted molar refractivity (Wildman–Crippen MR) is 170 cm³/mol. The number of ketones is 2. The SMILES string of the molecule is C=CCNC(=O)C(=O)C(C)NC(=O)C1CCCN1C(=O)C(NC(=O)NC(C(=O)C1CC1)C1CCCCC1)C(C)(C)C.CCC. The Hall–Kier alpha value is -3.24. The van der Waals surface area contributed by atoms with Gasteiger partial charge < -0.3 is 26.2 Å². The van der Waals surface area contributed by atoms with Gasteiger partial charge in [0.2, 0.25) is 17.6 Å². The van der Waals surface area contributed by atoms with E-state index >= 15 is 0 Å². The Morgan fingerprint density at radius 1 is 0.886 bits per heavy atom. The second-order valence-electron chi connectivity index (χ2n) is 13.5. The van der Waals surface area contributed by atoms with Crippen LogP contribution >= 0.6 is 0 Å². The largest absolute Gasteiger partial charge is 0.346 e. The van der Waals surface area contributed by atoms with Crippen LogP contribution in [0, 0.1) is 17.3 Å². The van der Waals surface area contributed by atoms with E-state index in [1.807, 2.05) is 20.8 Å². The molecule has 248 valence electrons. The molecule has 3 aliphatic rings. The van der Waals surface area contributed by atoms with Crippen LogP contribution in [0.4, 0.5) is 4.79 Å². The Balaban J connectivity index is 0.00000216. The van der Waals surface area contributed by atoms with Crippen molar-refractivity contribution in [3.05, 3.63) is 12.7 Å². The van der Waals surface area contributed by atoms with E-state index in [9.17, 15) is 28.8 Å². The molecule has 2 saturated carbocycles. The highest BCUT2D eigenvalue weighted by molar-refractivity contribution is 6.38. The van der Waals surface area contributed by atoms with E-state index in [0.717, 1.165) is 44.9 Å². The van der Waals surface area contributed by atoms with Crippen molar-refractivity contribution in [1.29, 1.82) is 0 Å². The Kier molecular flexibility index (Phi) is 14.5. The molecule has 4 atom stereocenters. The fourth-order valence-corrected chi connectivity index (χ4v) is 5.77. The molecule has 5 amide bonds. The lowest BCUT2D eigenvalue weighted by molar-refractivity contribution is -0.143. The van der Waals surface area contributed by atoms with Gasteiger partial charge in [0.15, 0.2) is 5.78 Å². The van der Waals surface area contributed by atoms with Gasteiger partial charge in [0, 0.05) is 19.0 Å². The molecule has 1 saturated heterocycles. The van der Waals surface area contributed by atoms with Gasteiger partial charge in [0.25, 0.3) is 5.91 Å². The van der Waals surface area contributed by atoms with E-state index in [1.165, 1.54) is 24.3 Å². The van der Waals surface area contributed by atoms with E-state index in [-0.39, 0.29) is 24.2 Å². The van der Waals surface area contributed by atoms with Gasteiger partial charge in [-0.1, -0.05) is 66.4 Å². The van der Waals surface area contributed by atoms with Crippen molar-refractivity contribution in [2.24, 2.45) is 17.3 Å². The maximum absolute atomic E-state index is 13.8. The third kappa shape index (κ3) is 10.7. The summed E-state index contributed by atoms with van der Waals surface area (Å²) in [4.78, 5) is 79.1. The number of amides is 5. The van der Waals surface area contributed by atoms with E-state index in [1.54, 1.807) is 0 Å². The van der Waals surface area contributed by atoms with Crippen molar-refractivity contribution in [2.75, 3.05) is 13.1 Å². The van der Waals surface area contributed by atoms with Crippen molar-refractivity contribution in [2.45, 2.75) is 130 Å². The topological polar surface area (TPSA) is 154 Å². The van der Waals surface area contributed by atoms with Crippen LogP contribution in [0.2, 0.25) is 0 Å². The van der Waals surface area contributed by atoms with Gasteiger partial charge in [0.1, 0.15) is 12.1 Å². The minimum Gasteiger partial charge on any atom is -0.346 e. The second-order valence-corrected chi connectivity index (χ2v) is 13.5. The summed E-state index contributed by atoms with van der Waals surface area (Å²) in [5.74, 6) is -2.37. The zero-order valence-corrected chi connectivity index (χ0v) is 27.6. The van der Waals surface area contributed by atoms with Crippen molar-refractivity contribution in [3.8, 4) is 0 Å². The summed E-state index contributed by atoms with van der Waals surface area (Å²) in [5, 5.41) is 10.7. The molecule has 0 bridgehead atoms. The molecular formula is C33H55N5O6. The van der Waals surface area contributed by atoms with Crippen molar-refractivity contribution < 1.29 is 28.8 Å². The first kappa shape index (κ1) is 36.9. The van der Waals surface area contributed by atoms with Gasteiger partial charge in [-0.25, -0.2) is 4.79 Å². The van der Waals surface area contributed by atoms with Crippen LogP contribution < -0.4 is 21.3 Å². The first-order chi connectivity index (χ1) is 20.8. The van der Waals surface area contributed by atoms with Gasteiger partial charge in [-0.05, 0) is 56.8 Å². The molecule has 44 heavy (non-hydrogen) atoms. The van der Waals surface area contributed by atoms with Gasteiger partial charge in [-0.3, -0.25) is 24.0 Å². The van der Waals surface area contributed by atoms with E-state index in [0.29, 0.717) is 19.4 Å². The summed E-state index contributed by atoms with van der Waals surface area (Å²) in [7, 11) is 0. The molecule has 0 aromatic heterocycles. The smallest absolute Gasteiger partial charge is 0.316 e. The van der Waals surface area contributed by atoms with E-state index in [2.05, 4.69) is 41.7 Å². The van der Waals surface area contributed by atoms with Gasteiger partial charge >= 0.3 is 6.03 Å². The molecule has 11 heteroatoms. The third-order valence-electron chi connectivity index (χ3n) is 8.30. The minimum absolute atomic E-state index is 0.00785. The van der Waals surface area contributed by atoms with Crippen molar-refractivity contribution >= 4 is 35.3 Å². The summed E-state index contributed by atoms with van der Waals surface area (Å²) in [5.41, 5.74) is -0.689. The van der Waals surface area contributed by atoms with Crippen LogP contribution in [0.1, 0.15) is 106 Å². The molecule has 1 aliphatic heterocycles. The Morgan fingerprint density at radius 2 is 1.50 bits per heavy atom. The standard InChI is InChI=1S/C30H47N5O6.C3H8/c1-6-16-31-27(39)23(36)18(2)32-26(38)21-13-10-17-35(21)28(40)25(30(3,4)5)34-29(41)33-22(24(37)20-14-15-20)19-11-8-7-9-12-19;1-3-2/h6,18-22,25H,1,7-17H2,2-5H3,(H,31,39)(H,32,38)(H2,33,34,41);3H2,1-2H3. The van der Waals surface area contributed by atoms with Gasteiger partial charge in [-0.15, -0.1) is 6.58 Å². The number of Topliss-reactive ketones (excluding diaryl/α,β-unsaturated/α-hetero) is 2. The average molecular weight is 618 g/mol. The molecule has 0 spiro atoms. The number of urea groups is 1. The normalized spacial score (nSPS) is 20.6. The molecule has 1 heterocycles. The number of hydrogen-bond acceptors (Lipinski definition) is 6. The number of likely N-dealkylation sites (tertiary alicyclic amines) is 1. The van der Waals surface area contributed by atoms with E-state index in [4.69, 9.17) is 0 Å². The molecular weight excluding hydrogens is 562 g/mol. The first-order valence-electron chi connectivity index (χ1n) is 16.4. The molecule has 11 nitrogen and oxygen atoms in total. The van der Waals surface area contributed by atoms with Gasteiger partial charge in [0.05, 0.1) is 12.1 Å². The zero-order valence-electron chi connectivity index (χ0n) is 27.6. The molecule has 3 fully saturated rings. The predicted octanol–water partition coefficient (Wildman–Crippen LogP) is 3.41. The minimum atomic E-state index is -1.08. The number of carbonyl (C=O) groups is 6. The summed E-state index contributed by atoms with van der Waals surface area (Å²) < 4.78 is 0. The zero-order chi connectivity index (χ0) is 33.0. The van der Waals surface area contributed by atoms with Crippen LogP contribution in [-0.2, 0) is 24.0 Å². The maximum atomic E-state index is 13.8. The lowest BCUT2D eigenvalue weighted by Gasteiger charge is -2.36. The highest BCUT2D eigenvalue weighted by Crippen LogP contribution is 2.35. The van der Waals surface area contributed by atoms with Crippen LogP contribution in [0.5, 0.6) is 0 Å². The number of nitrogens with zero attached hydrogens (tertiary/aromatic N) is 1. The Bertz CT molecular complexity index is 1040. The molecule has 0 radical (unpaired) electrons. The maximum Gasteiger partial charge on any atom is 0.316 e. The quantitative estimate of drug-likeness (QED) is 0.194. The second kappa shape index (κ2) is 17.3. The molecule has 3 rings (SSSR count). The number of carbonyl (C=O) groups excluding carboxylic acids is 6. The highest BCUT2D eigenvalue weighted by atomic mass is 16.2. The van der Waals surface area contributed by atoms with Crippen LogP contribution in [0.15, 0.2) is 12.7 Å². The van der Waals surface area contributed by atoms with Crippen molar-refractivity contribution in [1.82, 2.24) is 26.2 Å². The Labute approximate surface area is 263 Å². The van der Waals surface area contributed by atoms with Gasteiger partial charge in [-0.2, -0.15) is 0 Å². The fourth-order valence-electron chi connectivity index (χ4n) is 5.77. The van der Waals surface area contributed by atoms with E-state index < -0.39 is 59.1 Å². The fraction of sp³-hybridized carbons (Fsp3) is 0.758.